The van der Waals surface area contributed by atoms with Gasteiger partial charge in [-0.2, -0.15) is 0 Å². The summed E-state index contributed by atoms with van der Waals surface area (Å²) in [6.45, 7) is 1.90. The lowest BCUT2D eigenvalue weighted by atomic mass is 10.2. The van der Waals surface area contributed by atoms with Gasteiger partial charge in [0.25, 0.3) is 5.91 Å². The maximum Gasteiger partial charge on any atom is 0.267 e. The van der Waals surface area contributed by atoms with Gasteiger partial charge in [0.05, 0.1) is 25.5 Å². The lowest BCUT2D eigenvalue weighted by Crippen LogP contribution is -2.13. The topological polar surface area (TPSA) is 45.4 Å². The molecule has 1 heterocycles. The highest BCUT2D eigenvalue weighted by Crippen LogP contribution is 2.26. The summed E-state index contributed by atoms with van der Waals surface area (Å²) < 4.78 is 14.4. The second kappa shape index (κ2) is 6.94. The number of methoxy groups -OCH3 is 2. The highest BCUT2D eigenvalue weighted by Gasteiger charge is 2.19. The van der Waals surface area contributed by atoms with Crippen LogP contribution in [0, 0.1) is 11.7 Å². The number of carbonyl (C=O) groups is 1. The van der Waals surface area contributed by atoms with Gasteiger partial charge in [-0.3, -0.25) is 13.9 Å². The molecular formula is C19H18N2O3S. The summed E-state index contributed by atoms with van der Waals surface area (Å²) in [7, 11) is 3.14. The largest absolute Gasteiger partial charge is 0.496 e. The number of para-hydroxylation sites is 3. The predicted octanol–water partition coefficient (Wildman–Crippen LogP) is 4.02. The minimum absolute atomic E-state index is 0.237. The summed E-state index contributed by atoms with van der Waals surface area (Å²) in [5.41, 5.74) is 2.08. The number of nitrogens with zero attached hydrogens (tertiary/aromatic N) is 2. The van der Waals surface area contributed by atoms with Gasteiger partial charge in [0.1, 0.15) is 11.5 Å². The number of imidazole rings is 1. The highest BCUT2D eigenvalue weighted by molar-refractivity contribution is 7.71. The molecule has 1 aromatic heterocycles. The van der Waals surface area contributed by atoms with Gasteiger partial charge >= 0.3 is 0 Å². The average Bonchev–Trinajstić information content (AvgIpc) is 2.95. The first kappa shape index (κ1) is 17.0. The number of hydrogen-bond donors (Lipinski definition) is 0. The predicted molar refractivity (Wildman–Crippen MR) is 98.6 cm³/mol. The van der Waals surface area contributed by atoms with Crippen molar-refractivity contribution in [3.05, 3.63) is 70.8 Å². The van der Waals surface area contributed by atoms with Crippen molar-refractivity contribution < 1.29 is 14.3 Å². The van der Waals surface area contributed by atoms with Gasteiger partial charge in [0.15, 0.2) is 4.77 Å². The Hall–Kier alpha value is -2.86. The van der Waals surface area contributed by atoms with E-state index in [2.05, 4.69) is 0 Å². The Morgan fingerprint density at radius 2 is 1.56 bits per heavy atom. The third kappa shape index (κ3) is 2.96. The molecule has 3 aromatic rings. The van der Waals surface area contributed by atoms with Crippen molar-refractivity contribution in [2.75, 3.05) is 14.2 Å². The number of ether oxygens (including phenoxy) is 2. The number of hydrogen-bond acceptors (Lipinski definition) is 4. The molecule has 0 radical (unpaired) electrons. The summed E-state index contributed by atoms with van der Waals surface area (Å²) in [6.07, 6.45) is 1.73. The van der Waals surface area contributed by atoms with Crippen LogP contribution in [0.2, 0.25) is 0 Å². The van der Waals surface area contributed by atoms with E-state index in [-0.39, 0.29) is 5.91 Å². The van der Waals surface area contributed by atoms with E-state index in [0.717, 1.165) is 11.4 Å². The van der Waals surface area contributed by atoms with Crippen molar-refractivity contribution in [3.63, 3.8) is 0 Å². The molecule has 2 aromatic carbocycles. The first-order valence-corrected chi connectivity index (χ1v) is 8.11. The molecule has 0 atom stereocenters. The van der Waals surface area contributed by atoms with Gasteiger partial charge in [-0.25, -0.2) is 0 Å². The molecule has 0 fully saturated rings. The normalized spacial score (nSPS) is 10.5. The van der Waals surface area contributed by atoms with Crippen LogP contribution in [0.1, 0.15) is 16.1 Å². The molecule has 0 saturated heterocycles. The fraction of sp³-hybridized carbons (Fsp3) is 0.158. The van der Waals surface area contributed by atoms with Crippen molar-refractivity contribution in [1.82, 2.24) is 9.13 Å². The molecule has 0 spiro atoms. The monoisotopic (exact) mass is 354 g/mol. The molecule has 25 heavy (non-hydrogen) atoms. The van der Waals surface area contributed by atoms with Gasteiger partial charge < -0.3 is 9.47 Å². The van der Waals surface area contributed by atoms with Gasteiger partial charge in [0.2, 0.25) is 0 Å². The molecule has 0 unspecified atom stereocenters. The number of aryl methyl sites for hydroxylation is 1. The van der Waals surface area contributed by atoms with E-state index < -0.39 is 0 Å². The molecule has 5 nitrogen and oxygen atoms in total. The Morgan fingerprint density at radius 3 is 2.24 bits per heavy atom. The van der Waals surface area contributed by atoms with Gasteiger partial charge in [0, 0.05) is 11.9 Å². The van der Waals surface area contributed by atoms with E-state index in [1.165, 1.54) is 11.7 Å². The zero-order valence-electron chi connectivity index (χ0n) is 14.2. The zero-order chi connectivity index (χ0) is 18.0. The van der Waals surface area contributed by atoms with Crippen LogP contribution in [0.15, 0.2) is 54.7 Å². The fourth-order valence-electron chi connectivity index (χ4n) is 2.76. The lowest BCUT2D eigenvalue weighted by molar-refractivity contribution is 0.0955. The van der Waals surface area contributed by atoms with Crippen LogP contribution in [-0.2, 0) is 0 Å². The first-order valence-electron chi connectivity index (χ1n) is 7.70. The average molecular weight is 354 g/mol. The SMILES string of the molecule is COc1ccccc1C(=O)n1cc(C)n(-c2ccccc2OC)c1=S. The van der Waals surface area contributed by atoms with Gasteiger partial charge in [-0.05, 0) is 43.4 Å². The van der Waals surface area contributed by atoms with Crippen molar-refractivity contribution in [2.45, 2.75) is 6.92 Å². The Morgan fingerprint density at radius 1 is 0.960 bits per heavy atom. The first-order chi connectivity index (χ1) is 12.1. The minimum Gasteiger partial charge on any atom is -0.496 e. The van der Waals surface area contributed by atoms with Crippen LogP contribution >= 0.6 is 12.2 Å². The Balaban J connectivity index is 2.15. The third-order valence-corrected chi connectivity index (χ3v) is 4.33. The van der Waals surface area contributed by atoms with E-state index in [9.17, 15) is 4.79 Å². The molecule has 0 aliphatic carbocycles. The smallest absolute Gasteiger partial charge is 0.267 e. The van der Waals surface area contributed by atoms with Crippen molar-refractivity contribution >= 4 is 18.1 Å². The molecular weight excluding hydrogens is 336 g/mol. The van der Waals surface area contributed by atoms with Crippen molar-refractivity contribution in [2.24, 2.45) is 0 Å². The number of rotatable bonds is 4. The molecule has 3 rings (SSSR count). The second-order valence-electron chi connectivity index (χ2n) is 5.44. The zero-order valence-corrected chi connectivity index (χ0v) is 15.0. The standard InChI is InChI=1S/C19H18N2O3S/c1-13-12-20(18(22)14-8-4-6-10-16(14)23-2)19(25)21(13)15-9-5-7-11-17(15)24-3/h4-12H,1-3H3. The van der Waals surface area contributed by atoms with Crippen LogP contribution < -0.4 is 9.47 Å². The Labute approximate surface area is 151 Å². The minimum atomic E-state index is -0.237. The molecule has 0 N–H and O–H groups in total. The summed E-state index contributed by atoms with van der Waals surface area (Å²) >= 11 is 5.57. The maximum absolute atomic E-state index is 13.0. The van der Waals surface area contributed by atoms with Crippen LogP contribution in [-0.4, -0.2) is 29.3 Å². The molecule has 0 bridgehead atoms. The molecule has 0 aliphatic rings. The van der Waals surface area contributed by atoms with E-state index >= 15 is 0 Å². The fourth-order valence-corrected chi connectivity index (χ4v) is 3.14. The van der Waals surface area contributed by atoms with Crippen LogP contribution in [0.4, 0.5) is 0 Å². The third-order valence-electron chi connectivity index (χ3n) is 3.95. The van der Waals surface area contributed by atoms with E-state index in [4.69, 9.17) is 21.7 Å². The Kier molecular flexibility index (Phi) is 4.72. The summed E-state index contributed by atoms with van der Waals surface area (Å²) in [5, 5.41) is 0. The van der Waals surface area contributed by atoms with Gasteiger partial charge in [-0.1, -0.05) is 24.3 Å². The molecule has 6 heteroatoms. The lowest BCUT2D eigenvalue weighted by Gasteiger charge is -2.11. The van der Waals surface area contributed by atoms with Crippen LogP contribution in [0.5, 0.6) is 11.5 Å². The van der Waals surface area contributed by atoms with Gasteiger partial charge in [-0.15, -0.1) is 0 Å². The van der Waals surface area contributed by atoms with E-state index in [1.807, 2.05) is 41.8 Å². The summed E-state index contributed by atoms with van der Waals surface area (Å²) in [5.74, 6) is 0.959. The second-order valence-corrected chi connectivity index (χ2v) is 5.80. The molecule has 0 amide bonds. The van der Waals surface area contributed by atoms with E-state index in [0.29, 0.717) is 21.8 Å². The summed E-state index contributed by atoms with van der Waals surface area (Å²) in [6, 6.07) is 14.6. The molecule has 0 saturated carbocycles. The molecule has 0 aliphatic heterocycles. The molecule has 128 valence electrons. The maximum atomic E-state index is 13.0. The highest BCUT2D eigenvalue weighted by atomic mass is 32.1. The number of aromatic nitrogens is 2. The van der Waals surface area contributed by atoms with Crippen LogP contribution in [0.25, 0.3) is 5.69 Å². The quantitative estimate of drug-likeness (QED) is 0.664. The number of carbonyl (C=O) groups excluding carboxylic acids is 1. The Bertz CT molecular complexity index is 988. The van der Waals surface area contributed by atoms with E-state index in [1.54, 1.807) is 31.5 Å². The summed E-state index contributed by atoms with van der Waals surface area (Å²) in [4.78, 5) is 13.0. The van der Waals surface area contributed by atoms with Crippen molar-refractivity contribution in [1.29, 1.82) is 0 Å². The van der Waals surface area contributed by atoms with Crippen LogP contribution in [0.3, 0.4) is 0 Å². The van der Waals surface area contributed by atoms with Crippen molar-refractivity contribution in [3.8, 4) is 17.2 Å². The number of benzene rings is 2.